The van der Waals surface area contributed by atoms with Gasteiger partial charge in [-0.3, -0.25) is 9.59 Å². The monoisotopic (exact) mass is 349 g/mol. The van der Waals surface area contributed by atoms with Gasteiger partial charge in [0.05, 0.1) is 35.2 Å². The fourth-order valence-corrected chi connectivity index (χ4v) is 2.54. The zero-order valence-corrected chi connectivity index (χ0v) is 13.6. The van der Waals surface area contributed by atoms with Gasteiger partial charge >= 0.3 is 0 Å². The Labute approximate surface area is 143 Å². The summed E-state index contributed by atoms with van der Waals surface area (Å²) >= 11 is 6.16. The van der Waals surface area contributed by atoms with Gasteiger partial charge in [-0.15, -0.1) is 0 Å². The van der Waals surface area contributed by atoms with Crippen LogP contribution in [0.1, 0.15) is 18.7 Å². The van der Waals surface area contributed by atoms with Crippen LogP contribution in [0.25, 0.3) is 0 Å². The van der Waals surface area contributed by atoms with Gasteiger partial charge in [-0.25, -0.2) is 0 Å². The molecular weight excluding hydrogens is 334 g/mol. The van der Waals surface area contributed by atoms with Gasteiger partial charge in [0.15, 0.2) is 6.61 Å². The Morgan fingerprint density at radius 1 is 1.46 bits per heavy atom. The minimum atomic E-state index is -0.231. The smallest absolute Gasteiger partial charge is 0.262 e. The molecule has 3 rings (SSSR count). The van der Waals surface area contributed by atoms with E-state index >= 15 is 0 Å². The molecular formula is C16H16ClN3O4. The number of rotatable bonds is 5. The molecule has 0 bridgehead atoms. The third kappa shape index (κ3) is 3.62. The molecule has 0 unspecified atom stereocenters. The molecule has 2 aromatic rings. The second-order valence-electron chi connectivity index (χ2n) is 5.32. The van der Waals surface area contributed by atoms with Crippen LogP contribution < -0.4 is 20.7 Å². The Morgan fingerprint density at radius 3 is 3.04 bits per heavy atom. The molecule has 126 valence electrons. The molecule has 7 nitrogen and oxygen atoms in total. The van der Waals surface area contributed by atoms with Crippen LogP contribution in [0.5, 0.6) is 5.75 Å². The van der Waals surface area contributed by atoms with Gasteiger partial charge in [0.25, 0.3) is 5.91 Å². The molecule has 0 saturated carbocycles. The molecule has 0 fully saturated rings. The highest BCUT2D eigenvalue weighted by Gasteiger charge is 2.18. The summed E-state index contributed by atoms with van der Waals surface area (Å²) in [5, 5.41) is 8.82. The topological polar surface area (TPSA) is 92.6 Å². The van der Waals surface area contributed by atoms with Crippen LogP contribution in [0.2, 0.25) is 5.02 Å². The van der Waals surface area contributed by atoms with E-state index in [1.54, 1.807) is 30.5 Å². The first-order chi connectivity index (χ1) is 11.5. The van der Waals surface area contributed by atoms with Gasteiger partial charge in [-0.2, -0.15) is 0 Å². The maximum atomic E-state index is 12.0. The Morgan fingerprint density at radius 2 is 2.29 bits per heavy atom. The number of fused-ring (bicyclic) bond motifs is 1. The summed E-state index contributed by atoms with van der Waals surface area (Å²) in [7, 11) is 0. The number of benzene rings is 1. The van der Waals surface area contributed by atoms with Crippen LogP contribution >= 0.6 is 11.6 Å². The molecule has 1 aromatic heterocycles. The number of hydrogen-bond acceptors (Lipinski definition) is 5. The van der Waals surface area contributed by atoms with Crippen molar-refractivity contribution in [1.82, 2.24) is 5.32 Å². The zero-order chi connectivity index (χ0) is 17.1. The predicted octanol–water partition coefficient (Wildman–Crippen LogP) is 2.55. The highest BCUT2D eigenvalue weighted by atomic mass is 35.5. The van der Waals surface area contributed by atoms with E-state index in [-0.39, 0.29) is 31.0 Å². The van der Waals surface area contributed by atoms with Crippen molar-refractivity contribution >= 4 is 34.8 Å². The summed E-state index contributed by atoms with van der Waals surface area (Å²) in [5.41, 5.74) is 1.06. The van der Waals surface area contributed by atoms with Crippen LogP contribution in [0.15, 0.2) is 34.9 Å². The molecule has 2 heterocycles. The van der Waals surface area contributed by atoms with Gasteiger partial charge in [0.2, 0.25) is 5.91 Å². The van der Waals surface area contributed by atoms with Crippen molar-refractivity contribution in [2.24, 2.45) is 0 Å². The summed E-state index contributed by atoms with van der Waals surface area (Å²) in [5.74, 6) is 0.748. The molecule has 0 spiro atoms. The lowest BCUT2D eigenvalue weighted by Crippen LogP contribution is -2.32. The van der Waals surface area contributed by atoms with Crippen LogP contribution in [0, 0.1) is 0 Å². The van der Waals surface area contributed by atoms with Crippen molar-refractivity contribution in [2.45, 2.75) is 13.0 Å². The number of anilines is 2. The van der Waals surface area contributed by atoms with Crippen molar-refractivity contribution < 1.29 is 18.7 Å². The van der Waals surface area contributed by atoms with E-state index in [4.69, 9.17) is 20.8 Å². The van der Waals surface area contributed by atoms with Crippen molar-refractivity contribution in [1.29, 1.82) is 0 Å². The third-order valence-electron chi connectivity index (χ3n) is 3.49. The first kappa shape index (κ1) is 16.2. The number of nitrogens with one attached hydrogen (secondary N) is 3. The van der Waals surface area contributed by atoms with Gasteiger partial charge in [-0.05, 0) is 25.1 Å². The second-order valence-corrected chi connectivity index (χ2v) is 5.73. The van der Waals surface area contributed by atoms with Crippen LogP contribution in [0.3, 0.4) is 0 Å². The van der Waals surface area contributed by atoms with Gasteiger partial charge in [0, 0.05) is 6.07 Å². The van der Waals surface area contributed by atoms with E-state index in [1.165, 1.54) is 0 Å². The summed E-state index contributed by atoms with van der Waals surface area (Å²) in [6.07, 6.45) is 1.56. The fraction of sp³-hybridized carbons (Fsp3) is 0.250. The van der Waals surface area contributed by atoms with Crippen LogP contribution in [0.4, 0.5) is 11.4 Å². The molecule has 0 aliphatic carbocycles. The van der Waals surface area contributed by atoms with Crippen molar-refractivity contribution in [3.05, 3.63) is 41.3 Å². The molecule has 3 N–H and O–H groups in total. The van der Waals surface area contributed by atoms with Gasteiger partial charge < -0.3 is 25.1 Å². The summed E-state index contributed by atoms with van der Waals surface area (Å²) < 4.78 is 10.6. The fourth-order valence-electron chi connectivity index (χ4n) is 2.31. The van der Waals surface area contributed by atoms with Gasteiger partial charge in [-0.1, -0.05) is 11.6 Å². The SMILES string of the molecule is C[C@H](NC(=O)CNc1cc2c(cc1Cl)NC(=O)CO2)c1ccco1. The lowest BCUT2D eigenvalue weighted by Gasteiger charge is -2.20. The first-order valence-electron chi connectivity index (χ1n) is 7.36. The Kier molecular flexibility index (Phi) is 4.61. The minimum absolute atomic E-state index is 0.0376. The molecule has 1 aliphatic heterocycles. The van der Waals surface area contributed by atoms with Crippen molar-refractivity contribution in [2.75, 3.05) is 23.8 Å². The van der Waals surface area contributed by atoms with Crippen molar-refractivity contribution in [3.63, 3.8) is 0 Å². The van der Waals surface area contributed by atoms with Crippen LogP contribution in [-0.4, -0.2) is 25.0 Å². The molecule has 24 heavy (non-hydrogen) atoms. The molecule has 0 saturated heterocycles. The minimum Gasteiger partial charge on any atom is -0.482 e. The van der Waals surface area contributed by atoms with Gasteiger partial charge in [0.1, 0.15) is 11.5 Å². The largest absolute Gasteiger partial charge is 0.482 e. The lowest BCUT2D eigenvalue weighted by molar-refractivity contribution is -0.120. The van der Waals surface area contributed by atoms with E-state index in [9.17, 15) is 9.59 Å². The number of halogens is 1. The quantitative estimate of drug-likeness (QED) is 0.771. The number of carbonyl (C=O) groups excluding carboxylic acids is 2. The molecule has 1 aromatic carbocycles. The molecule has 8 heteroatoms. The van der Waals surface area contributed by atoms with Crippen LogP contribution in [-0.2, 0) is 9.59 Å². The summed E-state index contributed by atoms with van der Waals surface area (Å²) in [6, 6.07) is 6.57. The predicted molar refractivity (Wildman–Crippen MR) is 89.3 cm³/mol. The third-order valence-corrected chi connectivity index (χ3v) is 3.80. The Balaban J connectivity index is 1.60. The maximum absolute atomic E-state index is 12.0. The average Bonchev–Trinajstić information content (AvgIpc) is 3.07. The second kappa shape index (κ2) is 6.84. The molecule has 2 amide bonds. The summed E-state index contributed by atoms with van der Waals surface area (Å²) in [4.78, 5) is 23.3. The van der Waals surface area contributed by atoms with E-state index < -0.39 is 0 Å². The number of carbonyl (C=O) groups is 2. The Hall–Kier alpha value is -2.67. The average molecular weight is 350 g/mol. The van der Waals surface area contributed by atoms with E-state index in [0.717, 1.165) is 0 Å². The lowest BCUT2D eigenvalue weighted by atomic mass is 10.2. The first-order valence-corrected chi connectivity index (χ1v) is 7.73. The normalized spacial score (nSPS) is 14.2. The highest BCUT2D eigenvalue weighted by molar-refractivity contribution is 6.33. The number of ether oxygens (including phenoxy) is 1. The number of amides is 2. The zero-order valence-electron chi connectivity index (χ0n) is 12.9. The molecule has 1 atom stereocenters. The maximum Gasteiger partial charge on any atom is 0.262 e. The number of furan rings is 1. The molecule has 1 aliphatic rings. The molecule has 0 radical (unpaired) electrons. The van der Waals surface area contributed by atoms with E-state index in [1.807, 2.05) is 6.92 Å². The summed E-state index contributed by atoms with van der Waals surface area (Å²) in [6.45, 7) is 1.82. The highest BCUT2D eigenvalue weighted by Crippen LogP contribution is 2.36. The number of hydrogen-bond donors (Lipinski definition) is 3. The van der Waals surface area contributed by atoms with E-state index in [0.29, 0.717) is 27.9 Å². The van der Waals surface area contributed by atoms with E-state index in [2.05, 4.69) is 16.0 Å². The standard InChI is InChI=1S/C16H16ClN3O4/c1-9(13-3-2-4-23-13)19-15(21)7-18-11-6-14-12(5-10(11)17)20-16(22)8-24-14/h2-6,9,18H,7-8H2,1H3,(H,19,21)(H,20,22)/t9-/m0/s1. The van der Waals surface area contributed by atoms with Crippen molar-refractivity contribution in [3.8, 4) is 5.75 Å². The Bertz CT molecular complexity index is 761.